The molecule has 0 saturated carbocycles. The summed E-state index contributed by atoms with van der Waals surface area (Å²) < 4.78 is 41.1. The highest BCUT2D eigenvalue weighted by molar-refractivity contribution is 7.91. The molecule has 2 unspecified atom stereocenters. The maximum Gasteiger partial charge on any atom is 0.241 e. The standard InChI is InChI=1S/C23H28N2O6S/c1-29-18-6-4-5-17(12-18)25-20-15-32(27,28)14-19(20)24(13-23(25)26)10-9-16-7-8-21(30-2)22(11-16)31-3/h4-8,11-12,19-20H,9-10,13-15H2,1-3H3. The van der Waals surface area contributed by atoms with E-state index in [1.54, 1.807) is 38.4 Å². The summed E-state index contributed by atoms with van der Waals surface area (Å²) in [6, 6.07) is 12.3. The van der Waals surface area contributed by atoms with Crippen LogP contribution in [-0.2, 0) is 21.1 Å². The molecule has 2 saturated heterocycles. The van der Waals surface area contributed by atoms with Crippen LogP contribution in [0.2, 0.25) is 0 Å². The average Bonchev–Trinajstić information content (AvgIpc) is 3.11. The van der Waals surface area contributed by atoms with Crippen LogP contribution < -0.4 is 19.1 Å². The van der Waals surface area contributed by atoms with Crippen LogP contribution in [0.5, 0.6) is 17.2 Å². The Morgan fingerprint density at radius 2 is 1.69 bits per heavy atom. The molecule has 0 N–H and O–H groups in total. The lowest BCUT2D eigenvalue weighted by molar-refractivity contribution is -0.123. The molecule has 32 heavy (non-hydrogen) atoms. The van der Waals surface area contributed by atoms with E-state index in [-0.39, 0.29) is 30.0 Å². The van der Waals surface area contributed by atoms with Crippen molar-refractivity contribution in [3.63, 3.8) is 0 Å². The smallest absolute Gasteiger partial charge is 0.241 e. The molecule has 1 amide bonds. The molecule has 2 heterocycles. The third kappa shape index (κ3) is 4.40. The summed E-state index contributed by atoms with van der Waals surface area (Å²) in [6.07, 6.45) is 0.663. The lowest BCUT2D eigenvalue weighted by atomic mass is 10.0. The van der Waals surface area contributed by atoms with Gasteiger partial charge in [-0.1, -0.05) is 12.1 Å². The van der Waals surface area contributed by atoms with E-state index in [9.17, 15) is 13.2 Å². The fourth-order valence-corrected chi connectivity index (χ4v) is 6.59. The number of amides is 1. The Bertz CT molecular complexity index is 1100. The van der Waals surface area contributed by atoms with E-state index in [4.69, 9.17) is 14.2 Å². The Morgan fingerprint density at radius 3 is 2.41 bits per heavy atom. The van der Waals surface area contributed by atoms with Crippen LogP contribution in [0.3, 0.4) is 0 Å². The number of methoxy groups -OCH3 is 3. The van der Waals surface area contributed by atoms with Crippen molar-refractivity contribution in [2.75, 3.05) is 50.8 Å². The first-order chi connectivity index (χ1) is 15.3. The minimum absolute atomic E-state index is 0.0343. The zero-order valence-corrected chi connectivity index (χ0v) is 19.3. The molecule has 0 aromatic heterocycles. The van der Waals surface area contributed by atoms with Gasteiger partial charge in [0.15, 0.2) is 21.3 Å². The van der Waals surface area contributed by atoms with Crippen LogP contribution in [-0.4, -0.2) is 77.2 Å². The molecule has 2 aliphatic heterocycles. The highest BCUT2D eigenvalue weighted by atomic mass is 32.2. The summed E-state index contributed by atoms with van der Waals surface area (Å²) in [6.45, 7) is 0.741. The topological polar surface area (TPSA) is 85.4 Å². The van der Waals surface area contributed by atoms with Crippen molar-refractivity contribution >= 4 is 21.4 Å². The SMILES string of the molecule is COc1cccc(N2C(=O)CN(CCc3ccc(OC)c(OC)c3)C3CS(=O)(=O)CC32)c1. The number of carbonyl (C=O) groups excluding carboxylic acids is 1. The van der Waals surface area contributed by atoms with Gasteiger partial charge in [0.1, 0.15) is 5.75 Å². The summed E-state index contributed by atoms with van der Waals surface area (Å²) in [5, 5.41) is 0. The summed E-state index contributed by atoms with van der Waals surface area (Å²) in [7, 11) is 1.50. The Morgan fingerprint density at radius 1 is 0.938 bits per heavy atom. The molecule has 0 aliphatic carbocycles. The Kier molecular flexibility index (Phi) is 6.30. The van der Waals surface area contributed by atoms with Crippen molar-refractivity contribution in [2.45, 2.75) is 18.5 Å². The van der Waals surface area contributed by atoms with E-state index in [0.29, 0.717) is 35.9 Å². The molecule has 2 fully saturated rings. The normalized spacial score (nSPS) is 22.5. The molecule has 2 aromatic rings. The lowest BCUT2D eigenvalue weighted by Gasteiger charge is -2.43. The molecular weight excluding hydrogens is 432 g/mol. The largest absolute Gasteiger partial charge is 0.497 e. The van der Waals surface area contributed by atoms with Gasteiger partial charge in [-0.15, -0.1) is 0 Å². The number of carbonyl (C=O) groups is 1. The van der Waals surface area contributed by atoms with Gasteiger partial charge in [0.25, 0.3) is 0 Å². The molecule has 2 atom stereocenters. The summed E-state index contributed by atoms with van der Waals surface area (Å²) in [5.74, 6) is 1.84. The second-order valence-electron chi connectivity index (χ2n) is 8.09. The Hall–Kier alpha value is -2.78. The third-order valence-corrected chi connectivity index (χ3v) is 7.87. The number of sulfone groups is 1. The number of fused-ring (bicyclic) bond motifs is 1. The molecule has 2 aliphatic rings. The number of piperazine rings is 1. The Balaban J connectivity index is 1.56. The average molecular weight is 461 g/mol. The number of benzene rings is 2. The molecule has 0 radical (unpaired) electrons. The second-order valence-corrected chi connectivity index (χ2v) is 10.2. The second kappa shape index (κ2) is 8.99. The van der Waals surface area contributed by atoms with Gasteiger partial charge in [0, 0.05) is 24.3 Å². The highest BCUT2D eigenvalue weighted by Gasteiger charge is 2.49. The summed E-state index contributed by atoms with van der Waals surface area (Å²) >= 11 is 0. The lowest BCUT2D eigenvalue weighted by Crippen LogP contribution is -2.62. The fourth-order valence-electron chi connectivity index (χ4n) is 4.61. The van der Waals surface area contributed by atoms with Crippen molar-refractivity contribution in [3.8, 4) is 17.2 Å². The molecular formula is C23H28N2O6S. The molecule has 0 bridgehead atoms. The number of ether oxygens (including phenoxy) is 3. The number of nitrogens with zero attached hydrogens (tertiary/aromatic N) is 2. The minimum Gasteiger partial charge on any atom is -0.497 e. The van der Waals surface area contributed by atoms with Gasteiger partial charge < -0.3 is 19.1 Å². The maximum atomic E-state index is 13.2. The van der Waals surface area contributed by atoms with Crippen LogP contribution in [0.15, 0.2) is 42.5 Å². The number of hydrogen-bond donors (Lipinski definition) is 0. The van der Waals surface area contributed by atoms with Gasteiger partial charge >= 0.3 is 0 Å². The van der Waals surface area contributed by atoms with Crippen molar-refractivity contribution in [1.29, 1.82) is 0 Å². The predicted molar refractivity (Wildman–Crippen MR) is 122 cm³/mol. The number of hydrogen-bond acceptors (Lipinski definition) is 7. The van der Waals surface area contributed by atoms with Crippen LogP contribution in [0, 0.1) is 0 Å². The minimum atomic E-state index is -3.25. The highest BCUT2D eigenvalue weighted by Crippen LogP contribution is 2.33. The van der Waals surface area contributed by atoms with Gasteiger partial charge in [-0.2, -0.15) is 0 Å². The molecule has 172 valence electrons. The first-order valence-electron chi connectivity index (χ1n) is 10.5. The molecule has 2 aromatic carbocycles. The van der Waals surface area contributed by atoms with E-state index in [1.807, 2.05) is 35.2 Å². The third-order valence-electron chi connectivity index (χ3n) is 6.17. The molecule has 8 nitrogen and oxygen atoms in total. The maximum absolute atomic E-state index is 13.2. The van der Waals surface area contributed by atoms with E-state index >= 15 is 0 Å². The van der Waals surface area contributed by atoms with Gasteiger partial charge in [0.2, 0.25) is 5.91 Å². The number of anilines is 1. The Labute approximate surface area is 188 Å². The van der Waals surface area contributed by atoms with E-state index in [0.717, 1.165) is 5.56 Å². The first-order valence-corrected chi connectivity index (χ1v) is 12.3. The molecule has 4 rings (SSSR count). The van der Waals surface area contributed by atoms with Crippen molar-refractivity contribution < 1.29 is 27.4 Å². The zero-order chi connectivity index (χ0) is 22.9. The quantitative estimate of drug-likeness (QED) is 0.623. The van der Waals surface area contributed by atoms with Crippen LogP contribution in [0.1, 0.15) is 5.56 Å². The summed E-state index contributed by atoms with van der Waals surface area (Å²) in [5.41, 5.74) is 1.70. The van der Waals surface area contributed by atoms with Crippen molar-refractivity contribution in [1.82, 2.24) is 4.90 Å². The van der Waals surface area contributed by atoms with E-state index < -0.39 is 15.9 Å². The first kappa shape index (κ1) is 22.4. The van der Waals surface area contributed by atoms with Gasteiger partial charge in [-0.25, -0.2) is 8.42 Å². The van der Waals surface area contributed by atoms with Crippen molar-refractivity contribution in [2.24, 2.45) is 0 Å². The van der Waals surface area contributed by atoms with Gasteiger partial charge in [-0.3, -0.25) is 9.69 Å². The molecule has 9 heteroatoms. The predicted octanol–water partition coefficient (Wildman–Crippen LogP) is 1.77. The van der Waals surface area contributed by atoms with E-state index in [2.05, 4.69) is 0 Å². The summed E-state index contributed by atoms with van der Waals surface area (Å²) in [4.78, 5) is 16.8. The van der Waals surface area contributed by atoms with Crippen LogP contribution in [0.4, 0.5) is 5.69 Å². The van der Waals surface area contributed by atoms with Crippen LogP contribution in [0.25, 0.3) is 0 Å². The monoisotopic (exact) mass is 460 g/mol. The number of rotatable bonds is 7. The zero-order valence-electron chi connectivity index (χ0n) is 18.5. The van der Waals surface area contributed by atoms with Gasteiger partial charge in [0.05, 0.1) is 45.4 Å². The fraction of sp³-hybridized carbons (Fsp3) is 0.435. The van der Waals surface area contributed by atoms with Crippen molar-refractivity contribution in [3.05, 3.63) is 48.0 Å². The van der Waals surface area contributed by atoms with Crippen LogP contribution >= 0.6 is 0 Å². The van der Waals surface area contributed by atoms with E-state index in [1.165, 1.54) is 0 Å². The van der Waals surface area contributed by atoms with Gasteiger partial charge in [-0.05, 0) is 36.2 Å². The molecule has 0 spiro atoms.